The Morgan fingerprint density at radius 3 is 2.90 bits per heavy atom. The van der Waals surface area contributed by atoms with E-state index in [0.717, 1.165) is 26.9 Å². The Kier molecular flexibility index (Phi) is 3.77. The van der Waals surface area contributed by atoms with Crippen molar-refractivity contribution in [3.63, 3.8) is 0 Å². The maximum atomic E-state index is 10.9. The van der Waals surface area contributed by atoms with E-state index in [-0.39, 0.29) is 5.69 Å². The zero-order valence-electron chi connectivity index (χ0n) is 10.8. The molecule has 0 aliphatic heterocycles. The fourth-order valence-corrected chi connectivity index (χ4v) is 3.02. The molecule has 0 spiro atoms. The predicted molar refractivity (Wildman–Crippen MR) is 83.1 cm³/mol. The van der Waals surface area contributed by atoms with E-state index in [2.05, 4.69) is 9.97 Å². The number of nitrogens with one attached hydrogen (secondary N) is 1. The average molecular weight is 319 g/mol. The normalized spacial score (nSPS) is 10.7. The highest BCUT2D eigenvalue weighted by Crippen LogP contribution is 2.26. The Morgan fingerprint density at radius 1 is 1.38 bits per heavy atom. The molecule has 0 saturated heterocycles. The number of carbonyl (C=O) groups is 1. The van der Waals surface area contributed by atoms with Crippen molar-refractivity contribution in [2.75, 3.05) is 0 Å². The Balaban J connectivity index is 1.83. The summed E-state index contributed by atoms with van der Waals surface area (Å²) in [7, 11) is 0. The molecule has 106 valence electrons. The van der Waals surface area contributed by atoms with Gasteiger partial charge in [-0.3, -0.25) is 0 Å². The van der Waals surface area contributed by atoms with Crippen LogP contribution >= 0.6 is 22.9 Å². The van der Waals surface area contributed by atoms with Gasteiger partial charge in [0.2, 0.25) is 0 Å². The van der Waals surface area contributed by atoms with Crippen molar-refractivity contribution in [3.05, 3.63) is 63.2 Å². The van der Waals surface area contributed by atoms with Gasteiger partial charge >= 0.3 is 5.97 Å². The van der Waals surface area contributed by atoms with Crippen LogP contribution in [0.25, 0.3) is 11.3 Å². The second-order valence-corrected chi connectivity index (χ2v) is 5.85. The minimum Gasteiger partial charge on any atom is -0.477 e. The summed E-state index contributed by atoms with van der Waals surface area (Å²) in [5, 5.41) is 12.5. The minimum absolute atomic E-state index is 0.158. The number of aromatic amines is 1. The zero-order chi connectivity index (χ0) is 14.8. The quantitative estimate of drug-likeness (QED) is 0.761. The number of rotatable bonds is 4. The third-order valence-electron chi connectivity index (χ3n) is 3.06. The number of thiazole rings is 1. The van der Waals surface area contributed by atoms with Crippen molar-refractivity contribution in [3.8, 4) is 11.3 Å². The third kappa shape index (κ3) is 2.99. The Labute approximate surface area is 130 Å². The molecule has 3 aromatic rings. The van der Waals surface area contributed by atoms with E-state index in [1.165, 1.54) is 11.3 Å². The van der Waals surface area contributed by atoms with E-state index in [1.54, 1.807) is 12.3 Å². The highest BCUT2D eigenvalue weighted by molar-refractivity contribution is 7.10. The first kappa shape index (κ1) is 13.9. The third-order valence-corrected chi connectivity index (χ3v) is 4.28. The standard InChI is InChI=1S/C15H11ClN2O2S/c16-11-4-2-1-3-9(11)6-14-18-13(8-21-14)10-5-12(15(19)20)17-7-10/h1-5,7-8,17H,6H2,(H,19,20). The molecule has 2 aromatic heterocycles. The topological polar surface area (TPSA) is 66.0 Å². The summed E-state index contributed by atoms with van der Waals surface area (Å²) in [5.41, 5.74) is 2.73. The molecule has 0 radical (unpaired) electrons. The molecule has 2 heterocycles. The van der Waals surface area contributed by atoms with Gasteiger partial charge < -0.3 is 10.1 Å². The van der Waals surface area contributed by atoms with Crippen LogP contribution in [0, 0.1) is 0 Å². The van der Waals surface area contributed by atoms with Crippen LogP contribution < -0.4 is 0 Å². The number of aromatic nitrogens is 2. The maximum absolute atomic E-state index is 10.9. The first-order chi connectivity index (χ1) is 10.1. The smallest absolute Gasteiger partial charge is 0.352 e. The van der Waals surface area contributed by atoms with Crippen molar-refractivity contribution in [1.82, 2.24) is 9.97 Å². The molecule has 2 N–H and O–H groups in total. The monoisotopic (exact) mass is 318 g/mol. The van der Waals surface area contributed by atoms with Gasteiger partial charge in [0.05, 0.1) is 10.7 Å². The van der Waals surface area contributed by atoms with E-state index in [4.69, 9.17) is 16.7 Å². The van der Waals surface area contributed by atoms with Gasteiger partial charge in [-0.15, -0.1) is 11.3 Å². The van der Waals surface area contributed by atoms with E-state index in [1.807, 2.05) is 29.6 Å². The fourth-order valence-electron chi connectivity index (χ4n) is 2.00. The van der Waals surface area contributed by atoms with E-state index < -0.39 is 5.97 Å². The molecule has 0 amide bonds. The molecule has 3 rings (SSSR count). The average Bonchev–Trinajstić information content (AvgIpc) is 3.10. The molecule has 4 nitrogen and oxygen atoms in total. The van der Waals surface area contributed by atoms with Gasteiger partial charge in [0.15, 0.2) is 0 Å². The van der Waals surface area contributed by atoms with E-state index in [0.29, 0.717) is 6.42 Å². The molecule has 0 aliphatic rings. The van der Waals surface area contributed by atoms with Gasteiger partial charge in [-0.2, -0.15) is 0 Å². The number of aromatic carboxylic acids is 1. The molecule has 21 heavy (non-hydrogen) atoms. The summed E-state index contributed by atoms with van der Waals surface area (Å²) in [6.07, 6.45) is 2.32. The SMILES string of the molecule is O=C(O)c1cc(-c2csc(Cc3ccccc3Cl)n2)c[nH]1. The van der Waals surface area contributed by atoms with E-state index >= 15 is 0 Å². The second-order valence-electron chi connectivity index (χ2n) is 4.50. The van der Waals surface area contributed by atoms with Crippen LogP contribution in [0.3, 0.4) is 0 Å². The molecule has 0 fully saturated rings. The first-order valence-electron chi connectivity index (χ1n) is 6.23. The zero-order valence-corrected chi connectivity index (χ0v) is 12.4. The summed E-state index contributed by atoms with van der Waals surface area (Å²) < 4.78 is 0. The van der Waals surface area contributed by atoms with Crippen molar-refractivity contribution in [1.29, 1.82) is 0 Å². The molecule has 1 aromatic carbocycles. The largest absolute Gasteiger partial charge is 0.477 e. The maximum Gasteiger partial charge on any atom is 0.352 e. The summed E-state index contributed by atoms with van der Waals surface area (Å²) >= 11 is 7.68. The second kappa shape index (κ2) is 5.71. The van der Waals surface area contributed by atoms with Gasteiger partial charge in [-0.25, -0.2) is 9.78 Å². The molecular formula is C15H11ClN2O2S. The van der Waals surface area contributed by atoms with Crippen LogP contribution in [0.2, 0.25) is 5.02 Å². The van der Waals surface area contributed by atoms with Crippen molar-refractivity contribution < 1.29 is 9.90 Å². The molecular weight excluding hydrogens is 308 g/mol. The van der Waals surface area contributed by atoms with Gasteiger partial charge in [0.1, 0.15) is 5.69 Å². The van der Waals surface area contributed by atoms with Crippen LogP contribution in [-0.4, -0.2) is 21.0 Å². The highest BCUT2D eigenvalue weighted by atomic mass is 35.5. The van der Waals surface area contributed by atoms with Crippen LogP contribution in [-0.2, 0) is 6.42 Å². The van der Waals surface area contributed by atoms with Crippen molar-refractivity contribution in [2.24, 2.45) is 0 Å². The molecule has 6 heteroatoms. The Hall–Kier alpha value is -2.11. The Bertz CT molecular complexity index is 794. The van der Waals surface area contributed by atoms with Crippen LogP contribution in [0.4, 0.5) is 0 Å². The lowest BCUT2D eigenvalue weighted by Crippen LogP contribution is -1.94. The Morgan fingerprint density at radius 2 is 2.19 bits per heavy atom. The number of hydrogen-bond donors (Lipinski definition) is 2. The fraction of sp³-hybridized carbons (Fsp3) is 0.0667. The number of carboxylic acid groups (broad SMARTS) is 1. The number of nitrogens with zero attached hydrogens (tertiary/aromatic N) is 1. The van der Waals surface area contributed by atoms with Crippen LogP contribution in [0.5, 0.6) is 0 Å². The predicted octanol–water partition coefficient (Wildman–Crippen LogP) is 4.08. The molecule has 0 atom stereocenters. The van der Waals surface area contributed by atoms with Crippen molar-refractivity contribution in [2.45, 2.75) is 6.42 Å². The van der Waals surface area contributed by atoms with Crippen LogP contribution in [0.1, 0.15) is 21.1 Å². The summed E-state index contributed by atoms with van der Waals surface area (Å²) in [5.74, 6) is -0.979. The summed E-state index contributed by atoms with van der Waals surface area (Å²) in [6.45, 7) is 0. The number of halogens is 1. The molecule has 0 unspecified atom stereocenters. The van der Waals surface area contributed by atoms with Crippen molar-refractivity contribution >= 4 is 28.9 Å². The number of carboxylic acids is 1. The molecule has 0 bridgehead atoms. The highest BCUT2D eigenvalue weighted by Gasteiger charge is 2.11. The lowest BCUT2D eigenvalue weighted by atomic mass is 10.1. The number of H-pyrrole nitrogens is 1. The van der Waals surface area contributed by atoms with Gasteiger partial charge in [-0.1, -0.05) is 29.8 Å². The summed E-state index contributed by atoms with van der Waals surface area (Å²) in [4.78, 5) is 18.1. The van der Waals surface area contributed by atoms with Gasteiger partial charge in [0.25, 0.3) is 0 Å². The lowest BCUT2D eigenvalue weighted by Gasteiger charge is -2.00. The summed E-state index contributed by atoms with van der Waals surface area (Å²) in [6, 6.07) is 9.25. The van der Waals surface area contributed by atoms with Gasteiger partial charge in [0, 0.05) is 28.6 Å². The lowest BCUT2D eigenvalue weighted by molar-refractivity contribution is 0.0691. The number of benzene rings is 1. The van der Waals surface area contributed by atoms with E-state index in [9.17, 15) is 4.79 Å². The molecule has 0 aliphatic carbocycles. The van der Waals surface area contributed by atoms with Crippen LogP contribution in [0.15, 0.2) is 41.9 Å². The molecule has 0 saturated carbocycles. The van der Waals surface area contributed by atoms with Gasteiger partial charge in [-0.05, 0) is 17.7 Å². The number of hydrogen-bond acceptors (Lipinski definition) is 3. The first-order valence-corrected chi connectivity index (χ1v) is 7.49. The minimum atomic E-state index is -0.979.